The fourth-order valence-corrected chi connectivity index (χ4v) is 0.775. The maximum absolute atomic E-state index is 10.1. The van der Waals surface area contributed by atoms with Gasteiger partial charge in [0.15, 0.2) is 0 Å². The fraction of sp³-hybridized carbons (Fsp3) is 0.429. The van der Waals surface area contributed by atoms with Crippen molar-refractivity contribution in [2.75, 3.05) is 6.61 Å². The molecule has 1 aromatic heterocycles. The van der Waals surface area contributed by atoms with Crippen molar-refractivity contribution < 1.29 is 14.6 Å². The first-order valence-electron chi connectivity index (χ1n) is 3.52. The standard InChI is InChI=1S/C7H10N2O3/c1-5(12-3-7(10)11)6-2-8-4-9-6/h2,4-5H,3H2,1H3,(H,8,9)(H,10,11). The van der Waals surface area contributed by atoms with Gasteiger partial charge >= 0.3 is 5.97 Å². The zero-order valence-electron chi connectivity index (χ0n) is 6.65. The molecule has 5 heteroatoms. The van der Waals surface area contributed by atoms with E-state index in [2.05, 4.69) is 9.97 Å². The van der Waals surface area contributed by atoms with Crippen LogP contribution in [0.3, 0.4) is 0 Å². The van der Waals surface area contributed by atoms with Gasteiger partial charge in [-0.2, -0.15) is 0 Å². The van der Waals surface area contributed by atoms with Gasteiger partial charge in [-0.25, -0.2) is 9.78 Å². The van der Waals surface area contributed by atoms with Crippen molar-refractivity contribution in [2.45, 2.75) is 13.0 Å². The number of hydrogen-bond acceptors (Lipinski definition) is 3. The van der Waals surface area contributed by atoms with Crippen LogP contribution in [0.25, 0.3) is 0 Å². The van der Waals surface area contributed by atoms with Crippen molar-refractivity contribution in [1.29, 1.82) is 0 Å². The van der Waals surface area contributed by atoms with Gasteiger partial charge < -0.3 is 14.8 Å². The second-order valence-electron chi connectivity index (χ2n) is 2.35. The molecule has 12 heavy (non-hydrogen) atoms. The molecule has 2 N–H and O–H groups in total. The smallest absolute Gasteiger partial charge is 0.329 e. The third-order valence-electron chi connectivity index (χ3n) is 1.41. The van der Waals surface area contributed by atoms with Crippen molar-refractivity contribution in [1.82, 2.24) is 9.97 Å². The zero-order valence-corrected chi connectivity index (χ0v) is 6.65. The summed E-state index contributed by atoms with van der Waals surface area (Å²) in [5.74, 6) is -0.971. The van der Waals surface area contributed by atoms with Crippen LogP contribution in [0.5, 0.6) is 0 Å². The maximum atomic E-state index is 10.1. The number of hydrogen-bond donors (Lipinski definition) is 2. The predicted molar refractivity (Wildman–Crippen MR) is 40.6 cm³/mol. The summed E-state index contributed by atoms with van der Waals surface area (Å²) in [6.45, 7) is 1.47. The quantitative estimate of drug-likeness (QED) is 0.692. The number of aliphatic carboxylic acids is 1. The molecule has 1 heterocycles. The number of aromatic amines is 1. The van der Waals surface area contributed by atoms with Crippen LogP contribution in [0, 0.1) is 0 Å². The van der Waals surface area contributed by atoms with E-state index in [1.807, 2.05) is 0 Å². The number of nitrogens with one attached hydrogen (secondary N) is 1. The highest BCUT2D eigenvalue weighted by atomic mass is 16.5. The molecule has 0 aliphatic rings. The average molecular weight is 170 g/mol. The minimum atomic E-state index is -0.971. The Kier molecular flexibility index (Phi) is 2.82. The zero-order chi connectivity index (χ0) is 8.97. The van der Waals surface area contributed by atoms with Gasteiger partial charge in [0, 0.05) is 0 Å². The summed E-state index contributed by atoms with van der Waals surface area (Å²) in [5.41, 5.74) is 0.774. The van der Waals surface area contributed by atoms with Crippen LogP contribution in [-0.4, -0.2) is 27.7 Å². The Morgan fingerprint density at radius 2 is 2.67 bits per heavy atom. The van der Waals surface area contributed by atoms with Crippen LogP contribution < -0.4 is 0 Å². The third-order valence-corrected chi connectivity index (χ3v) is 1.41. The highest BCUT2D eigenvalue weighted by molar-refractivity contribution is 5.68. The molecule has 1 rings (SSSR count). The van der Waals surface area contributed by atoms with E-state index in [0.29, 0.717) is 0 Å². The maximum Gasteiger partial charge on any atom is 0.329 e. The summed E-state index contributed by atoms with van der Waals surface area (Å²) >= 11 is 0. The third kappa shape index (κ3) is 2.35. The van der Waals surface area contributed by atoms with E-state index in [1.54, 1.807) is 13.1 Å². The molecule has 0 aliphatic heterocycles. The largest absolute Gasteiger partial charge is 0.480 e. The molecule has 66 valence electrons. The molecule has 0 saturated heterocycles. The molecule has 0 spiro atoms. The van der Waals surface area contributed by atoms with Gasteiger partial charge in [0.25, 0.3) is 0 Å². The first-order valence-corrected chi connectivity index (χ1v) is 3.52. The lowest BCUT2D eigenvalue weighted by Crippen LogP contribution is -2.10. The van der Waals surface area contributed by atoms with Gasteiger partial charge in [-0.05, 0) is 6.92 Å². The van der Waals surface area contributed by atoms with Crippen molar-refractivity contribution in [2.24, 2.45) is 0 Å². The van der Waals surface area contributed by atoms with E-state index < -0.39 is 5.97 Å². The number of rotatable bonds is 4. The summed E-state index contributed by atoms with van der Waals surface area (Å²) in [5, 5.41) is 8.31. The second-order valence-corrected chi connectivity index (χ2v) is 2.35. The molecule has 0 radical (unpaired) electrons. The minimum absolute atomic E-state index is 0.261. The first-order chi connectivity index (χ1) is 5.70. The number of carboxylic acids is 1. The normalized spacial score (nSPS) is 12.8. The average Bonchev–Trinajstić information content (AvgIpc) is 2.51. The molecule has 1 aromatic rings. The SMILES string of the molecule is CC(OCC(=O)O)c1cnc[nH]1. The van der Waals surface area contributed by atoms with E-state index in [9.17, 15) is 4.79 Å². The molecule has 0 aromatic carbocycles. The number of H-pyrrole nitrogens is 1. The molecular weight excluding hydrogens is 160 g/mol. The van der Waals surface area contributed by atoms with Gasteiger partial charge in [-0.3, -0.25) is 0 Å². The molecule has 0 saturated carbocycles. The fourth-order valence-electron chi connectivity index (χ4n) is 0.775. The van der Waals surface area contributed by atoms with E-state index in [-0.39, 0.29) is 12.7 Å². The number of carboxylic acid groups (broad SMARTS) is 1. The molecular formula is C7H10N2O3. The van der Waals surface area contributed by atoms with Crippen LogP contribution in [0.1, 0.15) is 18.7 Å². The minimum Gasteiger partial charge on any atom is -0.480 e. The highest BCUT2D eigenvalue weighted by Gasteiger charge is 2.08. The molecule has 1 atom stereocenters. The van der Waals surface area contributed by atoms with E-state index in [0.717, 1.165) is 5.69 Å². The number of carbonyl (C=O) groups is 1. The van der Waals surface area contributed by atoms with Gasteiger partial charge in [0.05, 0.1) is 24.3 Å². The van der Waals surface area contributed by atoms with Crippen LogP contribution >= 0.6 is 0 Å². The van der Waals surface area contributed by atoms with Crippen molar-refractivity contribution in [3.63, 3.8) is 0 Å². The monoisotopic (exact) mass is 170 g/mol. The van der Waals surface area contributed by atoms with Crippen LogP contribution in [0.4, 0.5) is 0 Å². The lowest BCUT2D eigenvalue weighted by atomic mass is 10.3. The molecule has 0 fully saturated rings. The molecule has 0 aliphatic carbocycles. The lowest BCUT2D eigenvalue weighted by molar-refractivity contribution is -0.144. The Morgan fingerprint density at radius 3 is 3.17 bits per heavy atom. The number of nitrogens with zero attached hydrogens (tertiary/aromatic N) is 1. The predicted octanol–water partition coefficient (Wildman–Crippen LogP) is 0.572. The lowest BCUT2D eigenvalue weighted by Gasteiger charge is -2.07. The summed E-state index contributed by atoms with van der Waals surface area (Å²) in [6.07, 6.45) is 2.87. The number of aromatic nitrogens is 2. The topological polar surface area (TPSA) is 75.2 Å². The van der Waals surface area contributed by atoms with Crippen molar-refractivity contribution >= 4 is 5.97 Å². The first kappa shape index (κ1) is 8.73. The molecule has 0 amide bonds. The van der Waals surface area contributed by atoms with Gasteiger partial charge in [-0.15, -0.1) is 0 Å². The Balaban J connectivity index is 2.39. The van der Waals surface area contributed by atoms with Gasteiger partial charge in [-0.1, -0.05) is 0 Å². The summed E-state index contributed by atoms with van der Waals surface area (Å²) in [6, 6.07) is 0. The van der Waals surface area contributed by atoms with Gasteiger partial charge in [0.1, 0.15) is 6.61 Å². The van der Waals surface area contributed by atoms with Gasteiger partial charge in [0.2, 0.25) is 0 Å². The second kappa shape index (κ2) is 3.87. The summed E-state index contributed by atoms with van der Waals surface area (Å²) in [7, 11) is 0. The summed E-state index contributed by atoms with van der Waals surface area (Å²) in [4.78, 5) is 16.7. The highest BCUT2D eigenvalue weighted by Crippen LogP contribution is 2.11. The Hall–Kier alpha value is -1.36. The summed E-state index contributed by atoms with van der Waals surface area (Å²) < 4.78 is 4.98. The molecule has 5 nitrogen and oxygen atoms in total. The Bertz CT molecular complexity index is 245. The van der Waals surface area contributed by atoms with Crippen LogP contribution in [-0.2, 0) is 9.53 Å². The van der Waals surface area contributed by atoms with Crippen molar-refractivity contribution in [3.05, 3.63) is 18.2 Å². The molecule has 0 bridgehead atoms. The number of ether oxygens (including phenoxy) is 1. The Labute approximate surface area is 69.4 Å². The van der Waals surface area contributed by atoms with E-state index in [1.165, 1.54) is 6.33 Å². The molecule has 1 unspecified atom stereocenters. The van der Waals surface area contributed by atoms with Crippen LogP contribution in [0.15, 0.2) is 12.5 Å². The van der Waals surface area contributed by atoms with E-state index >= 15 is 0 Å². The van der Waals surface area contributed by atoms with E-state index in [4.69, 9.17) is 9.84 Å². The number of imidazole rings is 1. The Morgan fingerprint density at radius 1 is 1.92 bits per heavy atom. The van der Waals surface area contributed by atoms with Crippen molar-refractivity contribution in [3.8, 4) is 0 Å². The van der Waals surface area contributed by atoms with Crippen LogP contribution in [0.2, 0.25) is 0 Å².